The standard InChI is InChI=1S/C16H19ClN2O2/c1-3-8-21-16-10-12(5-7-14(16)18)19-11-4-6-13(17)15(9-11)20-2/h4-7,9-10,19H,3,8,18H2,1-2H3. The van der Waals surface area contributed by atoms with Gasteiger partial charge in [0.2, 0.25) is 0 Å². The summed E-state index contributed by atoms with van der Waals surface area (Å²) in [7, 11) is 1.59. The van der Waals surface area contributed by atoms with Crippen LogP contribution in [0.1, 0.15) is 13.3 Å². The van der Waals surface area contributed by atoms with Crippen molar-refractivity contribution in [2.75, 3.05) is 24.8 Å². The number of halogens is 1. The summed E-state index contributed by atoms with van der Waals surface area (Å²) in [4.78, 5) is 0. The lowest BCUT2D eigenvalue weighted by Crippen LogP contribution is -2.00. The van der Waals surface area contributed by atoms with Crippen molar-refractivity contribution in [3.63, 3.8) is 0 Å². The van der Waals surface area contributed by atoms with Gasteiger partial charge in [0.15, 0.2) is 0 Å². The quantitative estimate of drug-likeness (QED) is 0.773. The molecule has 0 aliphatic carbocycles. The number of anilines is 3. The summed E-state index contributed by atoms with van der Waals surface area (Å²) in [5, 5.41) is 3.85. The van der Waals surface area contributed by atoms with Crippen LogP contribution < -0.4 is 20.5 Å². The Kier molecular flexibility index (Phi) is 5.17. The first-order chi connectivity index (χ1) is 10.1. The van der Waals surface area contributed by atoms with E-state index in [1.807, 2.05) is 30.3 Å². The zero-order valence-corrected chi connectivity index (χ0v) is 12.9. The molecule has 0 bridgehead atoms. The first kappa shape index (κ1) is 15.3. The Bertz CT molecular complexity index is 617. The van der Waals surface area contributed by atoms with Gasteiger partial charge in [0.1, 0.15) is 11.5 Å². The van der Waals surface area contributed by atoms with Gasteiger partial charge in [0.25, 0.3) is 0 Å². The summed E-state index contributed by atoms with van der Waals surface area (Å²) in [6, 6.07) is 11.1. The average molecular weight is 307 g/mol. The Morgan fingerprint density at radius 3 is 2.43 bits per heavy atom. The first-order valence-corrected chi connectivity index (χ1v) is 7.14. The molecule has 0 aliphatic rings. The maximum absolute atomic E-state index is 6.01. The normalized spacial score (nSPS) is 10.2. The molecule has 2 aromatic carbocycles. The summed E-state index contributed by atoms with van der Waals surface area (Å²) in [5.41, 5.74) is 8.29. The number of benzene rings is 2. The zero-order valence-electron chi connectivity index (χ0n) is 12.2. The third-order valence-electron chi connectivity index (χ3n) is 2.92. The largest absolute Gasteiger partial charge is 0.495 e. The number of hydrogen-bond donors (Lipinski definition) is 2. The van der Waals surface area contributed by atoms with Gasteiger partial charge in [-0.1, -0.05) is 18.5 Å². The van der Waals surface area contributed by atoms with Crippen molar-refractivity contribution in [2.24, 2.45) is 0 Å². The van der Waals surface area contributed by atoms with Crippen LogP contribution in [0.2, 0.25) is 5.02 Å². The number of methoxy groups -OCH3 is 1. The van der Waals surface area contributed by atoms with E-state index < -0.39 is 0 Å². The van der Waals surface area contributed by atoms with E-state index in [4.69, 9.17) is 26.8 Å². The van der Waals surface area contributed by atoms with Gasteiger partial charge in [-0.15, -0.1) is 0 Å². The fourth-order valence-corrected chi connectivity index (χ4v) is 2.05. The van der Waals surface area contributed by atoms with Crippen molar-refractivity contribution < 1.29 is 9.47 Å². The van der Waals surface area contributed by atoms with E-state index in [1.54, 1.807) is 13.2 Å². The molecule has 2 aromatic rings. The molecule has 0 atom stereocenters. The molecule has 21 heavy (non-hydrogen) atoms. The minimum Gasteiger partial charge on any atom is -0.495 e. The van der Waals surface area contributed by atoms with E-state index in [9.17, 15) is 0 Å². The van der Waals surface area contributed by atoms with E-state index >= 15 is 0 Å². The van der Waals surface area contributed by atoms with Gasteiger partial charge in [-0.2, -0.15) is 0 Å². The minimum atomic E-state index is 0.576. The third kappa shape index (κ3) is 3.95. The molecule has 0 radical (unpaired) electrons. The Hall–Kier alpha value is -2.07. The lowest BCUT2D eigenvalue weighted by Gasteiger charge is -2.12. The van der Waals surface area contributed by atoms with Crippen molar-refractivity contribution in [1.82, 2.24) is 0 Å². The second kappa shape index (κ2) is 7.09. The Labute approximate surface area is 129 Å². The smallest absolute Gasteiger partial charge is 0.144 e. The molecule has 0 heterocycles. The summed E-state index contributed by atoms with van der Waals surface area (Å²) < 4.78 is 10.8. The maximum atomic E-state index is 6.01. The fourth-order valence-electron chi connectivity index (χ4n) is 1.85. The van der Waals surface area contributed by atoms with Crippen molar-refractivity contribution in [2.45, 2.75) is 13.3 Å². The molecule has 5 heteroatoms. The van der Waals surface area contributed by atoms with Crippen LogP contribution in [-0.4, -0.2) is 13.7 Å². The summed E-state index contributed by atoms with van der Waals surface area (Å²) in [6.45, 7) is 2.70. The highest BCUT2D eigenvalue weighted by Crippen LogP contribution is 2.31. The van der Waals surface area contributed by atoms with Gasteiger partial charge >= 0.3 is 0 Å². The monoisotopic (exact) mass is 306 g/mol. The number of nitrogen functional groups attached to an aromatic ring is 1. The van der Waals surface area contributed by atoms with Crippen molar-refractivity contribution in [3.8, 4) is 11.5 Å². The molecule has 0 aliphatic heterocycles. The highest BCUT2D eigenvalue weighted by atomic mass is 35.5. The molecule has 0 saturated heterocycles. The van der Waals surface area contributed by atoms with Gasteiger partial charge in [-0.25, -0.2) is 0 Å². The summed E-state index contributed by atoms with van der Waals surface area (Å²) in [5.74, 6) is 1.31. The molecule has 0 amide bonds. The van der Waals surface area contributed by atoms with E-state index in [0.29, 0.717) is 28.8 Å². The molecular weight excluding hydrogens is 288 g/mol. The predicted octanol–water partition coefficient (Wildman–Crippen LogP) is 4.46. The highest BCUT2D eigenvalue weighted by Gasteiger charge is 2.05. The number of ether oxygens (including phenoxy) is 2. The second-order valence-corrected chi connectivity index (χ2v) is 4.98. The van der Waals surface area contributed by atoms with Crippen LogP contribution in [0.5, 0.6) is 11.5 Å². The van der Waals surface area contributed by atoms with Crippen LogP contribution in [0.4, 0.5) is 17.1 Å². The van der Waals surface area contributed by atoms with E-state index in [0.717, 1.165) is 17.8 Å². The maximum Gasteiger partial charge on any atom is 0.144 e. The van der Waals surface area contributed by atoms with Crippen LogP contribution >= 0.6 is 11.6 Å². The fraction of sp³-hybridized carbons (Fsp3) is 0.250. The van der Waals surface area contributed by atoms with Crippen molar-refractivity contribution in [3.05, 3.63) is 41.4 Å². The van der Waals surface area contributed by atoms with Gasteiger partial charge in [0.05, 0.1) is 24.4 Å². The van der Waals surface area contributed by atoms with Gasteiger partial charge in [-0.05, 0) is 30.7 Å². The van der Waals surface area contributed by atoms with Crippen molar-refractivity contribution in [1.29, 1.82) is 0 Å². The Morgan fingerprint density at radius 2 is 1.76 bits per heavy atom. The molecule has 0 unspecified atom stereocenters. The molecular formula is C16H19ClN2O2. The first-order valence-electron chi connectivity index (χ1n) is 6.77. The van der Waals surface area contributed by atoms with Crippen molar-refractivity contribution >= 4 is 28.7 Å². The number of rotatable bonds is 6. The number of nitrogens with two attached hydrogens (primary N) is 1. The molecule has 2 rings (SSSR count). The van der Waals surface area contributed by atoms with Gasteiger partial charge < -0.3 is 20.5 Å². The molecule has 0 aromatic heterocycles. The Balaban J connectivity index is 2.19. The average Bonchev–Trinajstić information content (AvgIpc) is 2.49. The topological polar surface area (TPSA) is 56.5 Å². The van der Waals surface area contributed by atoms with Crippen LogP contribution in [-0.2, 0) is 0 Å². The van der Waals surface area contributed by atoms with Crippen LogP contribution in [0.3, 0.4) is 0 Å². The SMILES string of the molecule is CCCOc1cc(Nc2ccc(Cl)c(OC)c2)ccc1N. The molecule has 112 valence electrons. The van der Waals surface area contributed by atoms with Crippen LogP contribution in [0.15, 0.2) is 36.4 Å². The molecule has 3 N–H and O–H groups in total. The number of nitrogens with one attached hydrogen (secondary N) is 1. The minimum absolute atomic E-state index is 0.576. The lowest BCUT2D eigenvalue weighted by atomic mass is 10.2. The Morgan fingerprint density at radius 1 is 1.10 bits per heavy atom. The van der Waals surface area contributed by atoms with Crippen LogP contribution in [0, 0.1) is 0 Å². The predicted molar refractivity (Wildman–Crippen MR) is 87.9 cm³/mol. The van der Waals surface area contributed by atoms with Crippen LogP contribution in [0.25, 0.3) is 0 Å². The molecule has 0 fully saturated rings. The molecule has 0 spiro atoms. The second-order valence-electron chi connectivity index (χ2n) is 4.58. The third-order valence-corrected chi connectivity index (χ3v) is 3.23. The molecule has 0 saturated carbocycles. The summed E-state index contributed by atoms with van der Waals surface area (Å²) in [6.07, 6.45) is 0.936. The molecule has 4 nitrogen and oxygen atoms in total. The van der Waals surface area contributed by atoms with E-state index in [1.165, 1.54) is 0 Å². The number of hydrogen-bond acceptors (Lipinski definition) is 4. The summed E-state index contributed by atoms with van der Waals surface area (Å²) >= 11 is 6.01. The zero-order chi connectivity index (χ0) is 15.2. The highest BCUT2D eigenvalue weighted by molar-refractivity contribution is 6.32. The lowest BCUT2D eigenvalue weighted by molar-refractivity contribution is 0.319. The van der Waals surface area contributed by atoms with Gasteiger partial charge in [-0.3, -0.25) is 0 Å². The van der Waals surface area contributed by atoms with E-state index in [-0.39, 0.29) is 0 Å². The van der Waals surface area contributed by atoms with Gasteiger partial charge in [0, 0.05) is 23.5 Å². The van der Waals surface area contributed by atoms with E-state index in [2.05, 4.69) is 12.2 Å².